The Kier molecular flexibility index (Phi) is 5.22. The van der Waals surface area contributed by atoms with Crippen molar-refractivity contribution in [1.82, 2.24) is 19.8 Å². The third kappa shape index (κ3) is 3.61. The SMILES string of the molecule is CC(C)Cc1nc2c(n1C(C)CCN(C)C)CCNC2. The minimum absolute atomic E-state index is 0.542. The normalized spacial score (nSPS) is 16.8. The van der Waals surface area contributed by atoms with Gasteiger partial charge in [0.1, 0.15) is 5.82 Å². The average Bonchev–Trinajstić information content (AvgIpc) is 2.72. The van der Waals surface area contributed by atoms with Crippen LogP contribution in [-0.4, -0.2) is 41.6 Å². The van der Waals surface area contributed by atoms with E-state index in [4.69, 9.17) is 4.98 Å². The average molecular weight is 278 g/mol. The molecule has 1 aromatic heterocycles. The minimum atomic E-state index is 0.542. The van der Waals surface area contributed by atoms with Gasteiger partial charge in [-0.15, -0.1) is 0 Å². The number of imidazole rings is 1. The second kappa shape index (κ2) is 6.72. The van der Waals surface area contributed by atoms with Gasteiger partial charge in [0.25, 0.3) is 0 Å². The van der Waals surface area contributed by atoms with Gasteiger partial charge in [-0.25, -0.2) is 4.98 Å². The van der Waals surface area contributed by atoms with E-state index in [0.717, 1.165) is 32.5 Å². The van der Waals surface area contributed by atoms with E-state index in [2.05, 4.69) is 49.7 Å². The summed E-state index contributed by atoms with van der Waals surface area (Å²) in [5.41, 5.74) is 2.76. The topological polar surface area (TPSA) is 33.1 Å². The number of aromatic nitrogens is 2. The zero-order valence-electron chi connectivity index (χ0n) is 13.7. The molecule has 1 unspecified atom stereocenters. The number of rotatable bonds is 6. The largest absolute Gasteiger partial charge is 0.329 e. The van der Waals surface area contributed by atoms with Gasteiger partial charge in [-0.3, -0.25) is 0 Å². The zero-order valence-corrected chi connectivity index (χ0v) is 13.7. The third-order valence-corrected chi connectivity index (χ3v) is 4.02. The van der Waals surface area contributed by atoms with E-state index in [9.17, 15) is 0 Å². The fraction of sp³-hybridized carbons (Fsp3) is 0.812. The summed E-state index contributed by atoms with van der Waals surface area (Å²) in [6, 6.07) is 0.542. The summed E-state index contributed by atoms with van der Waals surface area (Å²) in [4.78, 5) is 7.19. The van der Waals surface area contributed by atoms with Crippen molar-refractivity contribution in [2.75, 3.05) is 27.2 Å². The van der Waals surface area contributed by atoms with E-state index in [-0.39, 0.29) is 0 Å². The van der Waals surface area contributed by atoms with Gasteiger partial charge in [-0.1, -0.05) is 13.8 Å². The molecule has 0 aliphatic carbocycles. The van der Waals surface area contributed by atoms with E-state index in [1.54, 1.807) is 0 Å². The molecule has 0 radical (unpaired) electrons. The highest BCUT2D eigenvalue weighted by atomic mass is 15.1. The van der Waals surface area contributed by atoms with Gasteiger partial charge < -0.3 is 14.8 Å². The third-order valence-electron chi connectivity index (χ3n) is 4.02. The molecule has 4 nitrogen and oxygen atoms in total. The summed E-state index contributed by atoms with van der Waals surface area (Å²) in [6.07, 6.45) is 3.39. The maximum absolute atomic E-state index is 4.93. The fourth-order valence-corrected chi connectivity index (χ4v) is 2.99. The molecule has 2 heterocycles. The first-order valence-electron chi connectivity index (χ1n) is 7.93. The molecule has 114 valence electrons. The van der Waals surface area contributed by atoms with Crippen molar-refractivity contribution in [1.29, 1.82) is 0 Å². The standard InChI is InChI=1S/C16H30N4/c1-12(2)10-16-18-14-11-17-8-6-15(14)20(16)13(3)7-9-19(4)5/h12-13,17H,6-11H2,1-5H3. The highest BCUT2D eigenvalue weighted by Crippen LogP contribution is 2.24. The number of fused-ring (bicyclic) bond motifs is 1. The highest BCUT2D eigenvalue weighted by Gasteiger charge is 2.23. The summed E-state index contributed by atoms with van der Waals surface area (Å²) in [7, 11) is 4.30. The van der Waals surface area contributed by atoms with Crippen LogP contribution >= 0.6 is 0 Å². The monoisotopic (exact) mass is 278 g/mol. The van der Waals surface area contributed by atoms with E-state index in [1.807, 2.05) is 0 Å². The van der Waals surface area contributed by atoms with Crippen molar-refractivity contribution in [3.05, 3.63) is 17.2 Å². The molecular weight excluding hydrogens is 248 g/mol. The van der Waals surface area contributed by atoms with Gasteiger partial charge in [-0.2, -0.15) is 0 Å². The van der Waals surface area contributed by atoms with E-state index >= 15 is 0 Å². The molecule has 0 aromatic carbocycles. The maximum Gasteiger partial charge on any atom is 0.109 e. The number of nitrogens with zero attached hydrogens (tertiary/aromatic N) is 3. The summed E-state index contributed by atoms with van der Waals surface area (Å²) in [6.45, 7) is 10.1. The molecular formula is C16H30N4. The molecule has 0 amide bonds. The Balaban J connectivity index is 2.25. The molecule has 1 N–H and O–H groups in total. The minimum Gasteiger partial charge on any atom is -0.329 e. The summed E-state index contributed by atoms with van der Waals surface area (Å²) < 4.78 is 2.54. The van der Waals surface area contributed by atoms with Crippen molar-refractivity contribution >= 4 is 0 Å². The van der Waals surface area contributed by atoms with Gasteiger partial charge in [0, 0.05) is 37.7 Å². The molecule has 1 aliphatic rings. The Morgan fingerprint density at radius 3 is 2.70 bits per heavy atom. The lowest BCUT2D eigenvalue weighted by Gasteiger charge is -2.23. The number of hydrogen-bond donors (Lipinski definition) is 1. The van der Waals surface area contributed by atoms with Crippen LogP contribution in [0, 0.1) is 5.92 Å². The van der Waals surface area contributed by atoms with Gasteiger partial charge in [-0.05, 0) is 39.9 Å². The van der Waals surface area contributed by atoms with Crippen molar-refractivity contribution in [2.45, 2.75) is 52.6 Å². The van der Waals surface area contributed by atoms with Crippen LogP contribution in [0.5, 0.6) is 0 Å². The van der Waals surface area contributed by atoms with Gasteiger partial charge in [0.15, 0.2) is 0 Å². The second-order valence-corrected chi connectivity index (χ2v) is 6.76. The molecule has 4 heteroatoms. The van der Waals surface area contributed by atoms with Crippen LogP contribution in [0.1, 0.15) is 50.4 Å². The quantitative estimate of drug-likeness (QED) is 0.866. The fourth-order valence-electron chi connectivity index (χ4n) is 2.99. The molecule has 0 bridgehead atoms. The summed E-state index contributed by atoms with van der Waals surface area (Å²) in [5.74, 6) is 1.95. The molecule has 2 rings (SSSR count). The first-order chi connectivity index (χ1) is 9.49. The Labute approximate surface area is 123 Å². The highest BCUT2D eigenvalue weighted by molar-refractivity contribution is 5.21. The molecule has 1 aromatic rings. The molecule has 0 spiro atoms. The van der Waals surface area contributed by atoms with E-state index in [0.29, 0.717) is 12.0 Å². The lowest BCUT2D eigenvalue weighted by atomic mass is 10.1. The lowest BCUT2D eigenvalue weighted by molar-refractivity contribution is 0.348. The van der Waals surface area contributed by atoms with E-state index < -0.39 is 0 Å². The summed E-state index contributed by atoms with van der Waals surface area (Å²) >= 11 is 0. The Morgan fingerprint density at radius 2 is 2.05 bits per heavy atom. The predicted molar refractivity (Wildman–Crippen MR) is 84.1 cm³/mol. The van der Waals surface area contributed by atoms with Crippen LogP contribution in [0.4, 0.5) is 0 Å². The smallest absolute Gasteiger partial charge is 0.109 e. The first kappa shape index (κ1) is 15.5. The summed E-state index contributed by atoms with van der Waals surface area (Å²) in [5, 5.41) is 3.44. The van der Waals surface area contributed by atoms with Crippen molar-refractivity contribution < 1.29 is 0 Å². The van der Waals surface area contributed by atoms with Crippen molar-refractivity contribution in [3.63, 3.8) is 0 Å². The Hall–Kier alpha value is -0.870. The molecule has 1 atom stereocenters. The van der Waals surface area contributed by atoms with Crippen LogP contribution in [0.2, 0.25) is 0 Å². The Bertz CT molecular complexity index is 434. The van der Waals surface area contributed by atoms with Gasteiger partial charge in [0.2, 0.25) is 0 Å². The van der Waals surface area contributed by atoms with Crippen molar-refractivity contribution in [2.24, 2.45) is 5.92 Å². The van der Waals surface area contributed by atoms with Gasteiger partial charge in [0.05, 0.1) is 5.69 Å². The number of nitrogens with one attached hydrogen (secondary N) is 1. The number of hydrogen-bond acceptors (Lipinski definition) is 3. The van der Waals surface area contributed by atoms with Crippen LogP contribution in [0.25, 0.3) is 0 Å². The van der Waals surface area contributed by atoms with Crippen molar-refractivity contribution in [3.8, 4) is 0 Å². The molecule has 0 fully saturated rings. The lowest BCUT2D eigenvalue weighted by Crippen LogP contribution is -2.26. The molecule has 0 saturated heterocycles. The molecule has 20 heavy (non-hydrogen) atoms. The van der Waals surface area contributed by atoms with E-state index in [1.165, 1.54) is 23.6 Å². The Morgan fingerprint density at radius 1 is 1.30 bits per heavy atom. The van der Waals surface area contributed by atoms with Crippen LogP contribution < -0.4 is 5.32 Å². The van der Waals surface area contributed by atoms with Crippen LogP contribution in [-0.2, 0) is 19.4 Å². The van der Waals surface area contributed by atoms with Crippen LogP contribution in [0.15, 0.2) is 0 Å². The maximum atomic E-state index is 4.93. The molecule has 1 aliphatic heterocycles. The second-order valence-electron chi connectivity index (χ2n) is 6.76. The molecule has 0 saturated carbocycles. The first-order valence-corrected chi connectivity index (χ1v) is 7.93. The van der Waals surface area contributed by atoms with Gasteiger partial charge >= 0.3 is 0 Å². The predicted octanol–water partition coefficient (Wildman–Crippen LogP) is 2.24. The van der Waals surface area contributed by atoms with Crippen LogP contribution in [0.3, 0.4) is 0 Å². The zero-order chi connectivity index (χ0) is 14.7.